The summed E-state index contributed by atoms with van der Waals surface area (Å²) in [5, 5.41) is 17.0. The molecule has 2 rings (SSSR count). The second kappa shape index (κ2) is 3.47. The van der Waals surface area contributed by atoms with Crippen LogP contribution >= 0.6 is 0 Å². The fourth-order valence-electron chi connectivity index (χ4n) is 1.66. The molecule has 4 heteroatoms. The average Bonchev–Trinajstić information content (AvgIpc) is 2.71. The molecule has 0 saturated carbocycles. The van der Waals surface area contributed by atoms with E-state index in [0.717, 1.165) is 13.0 Å². The molecular weight excluding hydrogens is 166 g/mol. The molecule has 0 aliphatic carbocycles. The molecule has 0 aromatic carbocycles. The number of rotatable bonds is 2. The Kier molecular flexibility index (Phi) is 2.33. The zero-order valence-corrected chi connectivity index (χ0v) is 7.77. The molecule has 1 aliphatic heterocycles. The van der Waals surface area contributed by atoms with Crippen LogP contribution in [-0.4, -0.2) is 34.1 Å². The summed E-state index contributed by atoms with van der Waals surface area (Å²) >= 11 is 0. The molecule has 2 heterocycles. The van der Waals surface area contributed by atoms with Gasteiger partial charge in [0.25, 0.3) is 0 Å². The molecule has 1 fully saturated rings. The Balaban J connectivity index is 2.15. The van der Waals surface area contributed by atoms with E-state index in [1.54, 1.807) is 0 Å². The van der Waals surface area contributed by atoms with Gasteiger partial charge < -0.3 is 10.4 Å². The molecule has 1 aromatic heterocycles. The lowest BCUT2D eigenvalue weighted by Gasteiger charge is -2.13. The van der Waals surface area contributed by atoms with Crippen LogP contribution in [0.3, 0.4) is 0 Å². The Morgan fingerprint density at radius 2 is 2.54 bits per heavy atom. The second-order valence-corrected chi connectivity index (χ2v) is 3.48. The lowest BCUT2D eigenvalue weighted by atomic mass is 10.2. The fraction of sp³-hybridized carbons (Fsp3) is 0.667. The minimum atomic E-state index is -0.301. The highest BCUT2D eigenvalue weighted by Crippen LogP contribution is 2.15. The average molecular weight is 181 g/mol. The summed E-state index contributed by atoms with van der Waals surface area (Å²) in [4.78, 5) is 0. The molecule has 72 valence electrons. The molecule has 0 radical (unpaired) electrons. The van der Waals surface area contributed by atoms with Gasteiger partial charge in [0.15, 0.2) is 0 Å². The van der Waals surface area contributed by atoms with E-state index in [1.165, 1.54) is 5.56 Å². The van der Waals surface area contributed by atoms with E-state index in [2.05, 4.69) is 17.3 Å². The van der Waals surface area contributed by atoms with E-state index in [4.69, 9.17) is 0 Å². The number of hydrogen-bond acceptors (Lipinski definition) is 3. The van der Waals surface area contributed by atoms with Crippen LogP contribution in [-0.2, 0) is 6.42 Å². The first-order valence-electron chi connectivity index (χ1n) is 4.73. The van der Waals surface area contributed by atoms with Crippen molar-refractivity contribution in [2.24, 2.45) is 0 Å². The van der Waals surface area contributed by atoms with Gasteiger partial charge in [-0.15, -0.1) is 0 Å². The normalized spacial score (nSPS) is 28.2. The Labute approximate surface area is 77.6 Å². The maximum absolute atomic E-state index is 9.60. The van der Waals surface area contributed by atoms with Crippen LogP contribution in [0.4, 0.5) is 0 Å². The number of hydrogen-bond donors (Lipinski definition) is 2. The van der Waals surface area contributed by atoms with Crippen molar-refractivity contribution in [1.82, 2.24) is 15.1 Å². The number of aryl methyl sites for hydroxylation is 1. The largest absolute Gasteiger partial charge is 0.390 e. The molecule has 2 N–H and O–H groups in total. The van der Waals surface area contributed by atoms with Crippen molar-refractivity contribution in [1.29, 1.82) is 0 Å². The van der Waals surface area contributed by atoms with Crippen LogP contribution in [0.5, 0.6) is 0 Å². The van der Waals surface area contributed by atoms with Crippen LogP contribution in [0, 0.1) is 0 Å². The van der Waals surface area contributed by atoms with Gasteiger partial charge in [-0.1, -0.05) is 6.92 Å². The van der Waals surface area contributed by atoms with Gasteiger partial charge in [0.05, 0.1) is 18.3 Å². The summed E-state index contributed by atoms with van der Waals surface area (Å²) in [6.45, 7) is 3.59. The van der Waals surface area contributed by atoms with E-state index < -0.39 is 0 Å². The minimum absolute atomic E-state index is 0.111. The highest BCUT2D eigenvalue weighted by Gasteiger charge is 2.26. The van der Waals surface area contributed by atoms with Gasteiger partial charge in [0.2, 0.25) is 0 Å². The van der Waals surface area contributed by atoms with E-state index in [9.17, 15) is 5.11 Å². The molecule has 13 heavy (non-hydrogen) atoms. The van der Waals surface area contributed by atoms with Crippen LogP contribution < -0.4 is 5.32 Å². The van der Waals surface area contributed by atoms with Crippen LogP contribution in [0.2, 0.25) is 0 Å². The topological polar surface area (TPSA) is 50.1 Å². The zero-order chi connectivity index (χ0) is 9.26. The second-order valence-electron chi connectivity index (χ2n) is 3.48. The van der Waals surface area contributed by atoms with Crippen molar-refractivity contribution >= 4 is 0 Å². The molecule has 0 bridgehead atoms. The van der Waals surface area contributed by atoms with Crippen molar-refractivity contribution in [2.45, 2.75) is 25.5 Å². The monoisotopic (exact) mass is 181 g/mol. The van der Waals surface area contributed by atoms with Crippen molar-refractivity contribution in [2.75, 3.05) is 13.1 Å². The smallest absolute Gasteiger partial charge is 0.0914 e. The third kappa shape index (κ3) is 1.59. The Morgan fingerprint density at radius 3 is 3.08 bits per heavy atom. The van der Waals surface area contributed by atoms with E-state index >= 15 is 0 Å². The van der Waals surface area contributed by atoms with E-state index in [0.29, 0.717) is 6.54 Å². The lowest BCUT2D eigenvalue weighted by Crippen LogP contribution is -2.22. The van der Waals surface area contributed by atoms with Crippen LogP contribution in [0.1, 0.15) is 18.5 Å². The highest BCUT2D eigenvalue weighted by molar-refractivity contribution is 5.05. The summed E-state index contributed by atoms with van der Waals surface area (Å²) in [5.41, 5.74) is 1.22. The van der Waals surface area contributed by atoms with Gasteiger partial charge in [0.1, 0.15) is 0 Å². The quantitative estimate of drug-likeness (QED) is 0.672. The summed E-state index contributed by atoms with van der Waals surface area (Å²) < 4.78 is 1.86. The molecular formula is C9H15N3O. The van der Waals surface area contributed by atoms with Crippen molar-refractivity contribution in [3.05, 3.63) is 18.0 Å². The molecule has 1 aromatic rings. The summed E-state index contributed by atoms with van der Waals surface area (Å²) in [6.07, 6.45) is 4.58. The van der Waals surface area contributed by atoms with Crippen LogP contribution in [0.25, 0.3) is 0 Å². The molecule has 1 aliphatic rings. The number of nitrogens with one attached hydrogen (secondary N) is 1. The predicted molar refractivity (Wildman–Crippen MR) is 49.5 cm³/mol. The van der Waals surface area contributed by atoms with E-state index in [1.807, 2.05) is 17.1 Å². The molecule has 0 amide bonds. The Bertz CT molecular complexity index is 284. The molecule has 2 atom stereocenters. The highest BCUT2D eigenvalue weighted by atomic mass is 16.3. The van der Waals surface area contributed by atoms with Gasteiger partial charge in [-0.2, -0.15) is 5.10 Å². The SMILES string of the molecule is CCc1cnn(C2CNC[C@H]2O)c1. The third-order valence-corrected chi connectivity index (χ3v) is 2.55. The Hall–Kier alpha value is -0.870. The third-order valence-electron chi connectivity index (χ3n) is 2.55. The maximum atomic E-state index is 9.60. The van der Waals surface area contributed by atoms with Gasteiger partial charge in [-0.05, 0) is 12.0 Å². The molecule has 1 unspecified atom stereocenters. The van der Waals surface area contributed by atoms with Gasteiger partial charge in [-0.25, -0.2) is 0 Å². The van der Waals surface area contributed by atoms with Gasteiger partial charge in [-0.3, -0.25) is 4.68 Å². The number of nitrogens with zero attached hydrogens (tertiary/aromatic N) is 2. The van der Waals surface area contributed by atoms with Crippen LogP contribution in [0.15, 0.2) is 12.4 Å². The molecule has 4 nitrogen and oxygen atoms in total. The number of aliphatic hydroxyl groups is 1. The first-order chi connectivity index (χ1) is 6.31. The fourth-order valence-corrected chi connectivity index (χ4v) is 1.66. The molecule has 0 spiro atoms. The number of aliphatic hydroxyl groups excluding tert-OH is 1. The summed E-state index contributed by atoms with van der Waals surface area (Å²) in [5.74, 6) is 0. The van der Waals surface area contributed by atoms with Crippen molar-refractivity contribution in [3.8, 4) is 0 Å². The van der Waals surface area contributed by atoms with Gasteiger partial charge in [0, 0.05) is 19.3 Å². The first-order valence-corrected chi connectivity index (χ1v) is 4.73. The standard InChI is InChI=1S/C9H15N3O/c1-2-7-3-11-12(6-7)8-4-10-5-9(8)13/h3,6,8-10,13H,2,4-5H2,1H3/t8?,9-/m1/s1. The lowest BCUT2D eigenvalue weighted by molar-refractivity contribution is 0.145. The minimum Gasteiger partial charge on any atom is -0.390 e. The summed E-state index contributed by atoms with van der Waals surface area (Å²) in [6, 6.07) is 0.111. The number of aromatic nitrogens is 2. The van der Waals surface area contributed by atoms with E-state index in [-0.39, 0.29) is 12.1 Å². The van der Waals surface area contributed by atoms with Crippen molar-refractivity contribution < 1.29 is 5.11 Å². The first kappa shape index (κ1) is 8.72. The predicted octanol–water partition coefficient (Wildman–Crippen LogP) is -0.0493. The Morgan fingerprint density at radius 1 is 1.69 bits per heavy atom. The molecule has 1 saturated heterocycles. The zero-order valence-electron chi connectivity index (χ0n) is 7.77. The maximum Gasteiger partial charge on any atom is 0.0914 e. The number of β-amino-alcohol motifs (C(OH)–C–C–N with tert-alkyl or cyclic N) is 1. The summed E-state index contributed by atoms with van der Waals surface area (Å²) in [7, 11) is 0. The van der Waals surface area contributed by atoms with Gasteiger partial charge >= 0.3 is 0 Å². The van der Waals surface area contributed by atoms with Crippen molar-refractivity contribution in [3.63, 3.8) is 0 Å².